The number of benzene rings is 1. The van der Waals surface area contributed by atoms with Crippen LogP contribution in [0.4, 0.5) is 4.39 Å². The minimum Gasteiger partial charge on any atom is -0.342 e. The smallest absolute Gasteiger partial charge is 0.255 e. The minimum absolute atomic E-state index is 0.274. The second-order valence-electron chi connectivity index (χ2n) is 6.05. The Balaban J connectivity index is 1.51. The summed E-state index contributed by atoms with van der Waals surface area (Å²) >= 11 is 0. The van der Waals surface area contributed by atoms with Crippen molar-refractivity contribution in [3.8, 4) is 5.69 Å². The molecule has 0 aliphatic carbocycles. The van der Waals surface area contributed by atoms with Crippen LogP contribution in [0.15, 0.2) is 36.7 Å². The first-order valence-electron chi connectivity index (χ1n) is 8.16. The summed E-state index contributed by atoms with van der Waals surface area (Å²) in [4.78, 5) is 12.5. The molecule has 0 bridgehead atoms. The van der Waals surface area contributed by atoms with Crippen molar-refractivity contribution >= 4 is 5.91 Å². The number of carbonyl (C=O) groups is 1. The lowest BCUT2D eigenvalue weighted by atomic mass is 10.2. The number of aryl methyl sites for hydroxylation is 1. The number of nitrogens with one attached hydrogen (secondary N) is 1. The molecular weight excluding hydrogens is 323 g/mol. The van der Waals surface area contributed by atoms with Gasteiger partial charge in [0.1, 0.15) is 17.3 Å². The van der Waals surface area contributed by atoms with Gasteiger partial charge in [0.2, 0.25) is 0 Å². The number of hydrogen-bond donors (Lipinski definition) is 1. The molecule has 8 heteroatoms. The van der Waals surface area contributed by atoms with Crippen molar-refractivity contribution in [2.75, 3.05) is 0 Å². The molecule has 1 atom stereocenters. The molecule has 7 nitrogen and oxygen atoms in total. The molecule has 128 valence electrons. The number of rotatable bonds is 4. The van der Waals surface area contributed by atoms with Crippen molar-refractivity contribution in [1.82, 2.24) is 29.9 Å². The van der Waals surface area contributed by atoms with Crippen LogP contribution in [-0.4, -0.2) is 30.5 Å². The molecule has 0 fully saturated rings. The van der Waals surface area contributed by atoms with Crippen molar-refractivity contribution < 1.29 is 9.18 Å². The zero-order chi connectivity index (χ0) is 17.4. The number of fused-ring (bicyclic) bond motifs is 1. The molecule has 2 aromatic heterocycles. The van der Waals surface area contributed by atoms with Gasteiger partial charge in [0, 0.05) is 19.2 Å². The van der Waals surface area contributed by atoms with Crippen molar-refractivity contribution in [1.29, 1.82) is 0 Å². The molecule has 3 aromatic rings. The molecular formula is C17H17FN6O. The molecule has 0 spiro atoms. The molecule has 0 unspecified atom stereocenters. The molecule has 1 aliphatic heterocycles. The van der Waals surface area contributed by atoms with E-state index in [1.54, 1.807) is 18.2 Å². The van der Waals surface area contributed by atoms with Crippen LogP contribution in [0.3, 0.4) is 0 Å². The Labute approximate surface area is 143 Å². The third-order valence-electron chi connectivity index (χ3n) is 4.32. The summed E-state index contributed by atoms with van der Waals surface area (Å²) in [6.45, 7) is 2.75. The Morgan fingerprint density at radius 2 is 2.16 bits per heavy atom. The van der Waals surface area contributed by atoms with Gasteiger partial charge in [0.25, 0.3) is 5.91 Å². The van der Waals surface area contributed by atoms with Crippen LogP contribution in [0.2, 0.25) is 0 Å². The number of para-hydroxylation sites is 1. The van der Waals surface area contributed by atoms with Gasteiger partial charge in [-0.3, -0.25) is 4.79 Å². The summed E-state index contributed by atoms with van der Waals surface area (Å²) in [7, 11) is 0. The van der Waals surface area contributed by atoms with Gasteiger partial charge >= 0.3 is 0 Å². The van der Waals surface area contributed by atoms with Crippen LogP contribution in [-0.2, 0) is 13.0 Å². The quantitative estimate of drug-likeness (QED) is 0.788. The highest BCUT2D eigenvalue weighted by atomic mass is 19.1. The van der Waals surface area contributed by atoms with Gasteiger partial charge in [-0.05, 0) is 25.5 Å². The van der Waals surface area contributed by atoms with E-state index in [-0.39, 0.29) is 11.9 Å². The predicted octanol–water partition coefficient (Wildman–Crippen LogP) is 2.04. The molecule has 0 saturated heterocycles. The lowest BCUT2D eigenvalue weighted by Gasteiger charge is -2.13. The second kappa shape index (κ2) is 6.12. The highest BCUT2D eigenvalue weighted by molar-refractivity contribution is 5.94. The van der Waals surface area contributed by atoms with Crippen LogP contribution >= 0.6 is 0 Å². The van der Waals surface area contributed by atoms with Crippen LogP contribution in [0.1, 0.15) is 41.4 Å². The maximum atomic E-state index is 13.8. The molecule has 0 radical (unpaired) electrons. The first-order chi connectivity index (χ1) is 12.1. The molecule has 1 aromatic carbocycles. The van der Waals surface area contributed by atoms with E-state index in [1.807, 2.05) is 11.5 Å². The fourth-order valence-corrected chi connectivity index (χ4v) is 3.05. The van der Waals surface area contributed by atoms with Crippen LogP contribution in [0.25, 0.3) is 5.69 Å². The third-order valence-corrected chi connectivity index (χ3v) is 4.32. The Kier molecular flexibility index (Phi) is 3.79. The first kappa shape index (κ1) is 15.5. The summed E-state index contributed by atoms with van der Waals surface area (Å²) in [5.74, 6) is 1.03. The highest BCUT2D eigenvalue weighted by Crippen LogP contribution is 2.19. The Morgan fingerprint density at radius 1 is 1.32 bits per heavy atom. The van der Waals surface area contributed by atoms with Gasteiger partial charge in [0.15, 0.2) is 5.82 Å². The number of nitrogens with zero attached hydrogens (tertiary/aromatic N) is 5. The summed E-state index contributed by atoms with van der Waals surface area (Å²) < 4.78 is 17.2. The van der Waals surface area contributed by atoms with Crippen molar-refractivity contribution in [2.45, 2.75) is 32.4 Å². The van der Waals surface area contributed by atoms with E-state index in [0.717, 1.165) is 31.0 Å². The number of aromatic nitrogens is 5. The van der Waals surface area contributed by atoms with Gasteiger partial charge in [-0.2, -0.15) is 5.10 Å². The average Bonchev–Trinajstić information content (AvgIpc) is 3.31. The van der Waals surface area contributed by atoms with E-state index in [4.69, 9.17) is 0 Å². The lowest BCUT2D eigenvalue weighted by Crippen LogP contribution is -2.28. The summed E-state index contributed by atoms with van der Waals surface area (Å²) in [5, 5.41) is 15.3. The van der Waals surface area contributed by atoms with Crippen LogP contribution in [0, 0.1) is 5.82 Å². The maximum Gasteiger partial charge on any atom is 0.255 e. The number of amides is 1. The summed E-state index contributed by atoms with van der Waals surface area (Å²) in [5.41, 5.74) is 0.654. The highest BCUT2D eigenvalue weighted by Gasteiger charge is 2.23. The zero-order valence-corrected chi connectivity index (χ0v) is 13.7. The van der Waals surface area contributed by atoms with Gasteiger partial charge in [-0.15, -0.1) is 10.2 Å². The number of hydrogen-bond acceptors (Lipinski definition) is 4. The zero-order valence-electron chi connectivity index (χ0n) is 13.7. The van der Waals surface area contributed by atoms with E-state index >= 15 is 0 Å². The van der Waals surface area contributed by atoms with Gasteiger partial charge in [-0.25, -0.2) is 9.07 Å². The molecule has 1 N–H and O–H groups in total. The molecule has 3 heterocycles. The van der Waals surface area contributed by atoms with E-state index < -0.39 is 5.82 Å². The van der Waals surface area contributed by atoms with E-state index in [9.17, 15) is 9.18 Å². The Morgan fingerprint density at radius 3 is 3.00 bits per heavy atom. The molecule has 1 amide bonds. The standard InChI is InChI=1S/C17H17FN6O/c1-11(16-22-21-15-7-4-8-23(15)16)20-17(25)12-9-19-24(10-12)14-6-3-2-5-13(14)18/h2-3,5-6,9-11H,4,7-8H2,1H3,(H,20,25)/t11-/m0/s1. The van der Waals surface area contributed by atoms with E-state index in [2.05, 4.69) is 20.6 Å². The summed E-state index contributed by atoms with van der Waals surface area (Å²) in [6.07, 6.45) is 4.90. The topological polar surface area (TPSA) is 77.6 Å². The van der Waals surface area contributed by atoms with Gasteiger partial charge < -0.3 is 9.88 Å². The van der Waals surface area contributed by atoms with Crippen LogP contribution in [0.5, 0.6) is 0 Å². The van der Waals surface area contributed by atoms with Crippen LogP contribution < -0.4 is 5.32 Å². The fourth-order valence-electron chi connectivity index (χ4n) is 3.05. The largest absolute Gasteiger partial charge is 0.342 e. The SMILES string of the molecule is C[C@H](NC(=O)c1cnn(-c2ccccc2F)c1)c1nnc2n1CCC2. The number of halogens is 1. The monoisotopic (exact) mass is 340 g/mol. The van der Waals surface area contributed by atoms with E-state index in [0.29, 0.717) is 11.3 Å². The molecule has 25 heavy (non-hydrogen) atoms. The van der Waals surface area contributed by atoms with Crippen molar-refractivity contribution in [3.05, 3.63) is 59.7 Å². The lowest BCUT2D eigenvalue weighted by molar-refractivity contribution is 0.0937. The number of carbonyl (C=O) groups excluding carboxylic acids is 1. The Hall–Kier alpha value is -3.03. The molecule has 4 rings (SSSR count). The predicted molar refractivity (Wildman–Crippen MR) is 87.7 cm³/mol. The normalized spacial score (nSPS) is 14.3. The average molecular weight is 340 g/mol. The van der Waals surface area contributed by atoms with Gasteiger partial charge in [0.05, 0.1) is 17.8 Å². The minimum atomic E-state index is -0.398. The van der Waals surface area contributed by atoms with Crippen molar-refractivity contribution in [3.63, 3.8) is 0 Å². The maximum absolute atomic E-state index is 13.8. The third kappa shape index (κ3) is 2.79. The van der Waals surface area contributed by atoms with E-state index in [1.165, 1.54) is 23.1 Å². The molecule has 1 aliphatic rings. The second-order valence-corrected chi connectivity index (χ2v) is 6.05. The fraction of sp³-hybridized carbons (Fsp3) is 0.294. The van der Waals surface area contributed by atoms with Gasteiger partial charge in [-0.1, -0.05) is 12.1 Å². The summed E-state index contributed by atoms with van der Waals surface area (Å²) in [6, 6.07) is 6.00. The Bertz CT molecular complexity index is 931. The van der Waals surface area contributed by atoms with Crippen molar-refractivity contribution in [2.24, 2.45) is 0 Å². The first-order valence-corrected chi connectivity index (χ1v) is 8.16. The molecule has 0 saturated carbocycles.